The molecule has 0 saturated carbocycles. The fourth-order valence-electron chi connectivity index (χ4n) is 3.74. The molecular weight excluding hydrogens is 524 g/mol. The number of sulfone groups is 2. The van der Waals surface area contributed by atoms with Crippen LogP contribution < -0.4 is 10.6 Å². The average Bonchev–Trinajstić information content (AvgIpc) is 2.90. The fourth-order valence-corrected chi connectivity index (χ4v) is 5.67. The van der Waals surface area contributed by atoms with Crippen molar-refractivity contribution in [2.24, 2.45) is 0 Å². The third-order valence-electron chi connectivity index (χ3n) is 5.87. The van der Waals surface area contributed by atoms with Crippen LogP contribution in [0.5, 0.6) is 0 Å². The molecule has 0 atom stereocenters. The van der Waals surface area contributed by atoms with E-state index in [4.69, 9.17) is 0 Å². The number of nitrogens with zero attached hydrogens (tertiary/aromatic N) is 4. The van der Waals surface area contributed by atoms with Crippen molar-refractivity contribution in [3.63, 3.8) is 0 Å². The van der Waals surface area contributed by atoms with Crippen molar-refractivity contribution in [2.45, 2.75) is 16.2 Å². The van der Waals surface area contributed by atoms with Crippen LogP contribution in [0.3, 0.4) is 0 Å². The van der Waals surface area contributed by atoms with Gasteiger partial charge in [0.1, 0.15) is 27.8 Å². The maximum absolute atomic E-state index is 12.9. The highest BCUT2D eigenvalue weighted by Gasteiger charge is 2.17. The lowest BCUT2D eigenvalue weighted by atomic mass is 10.2. The van der Waals surface area contributed by atoms with Gasteiger partial charge >= 0.3 is 0 Å². The molecule has 0 radical (unpaired) electrons. The lowest BCUT2D eigenvalue weighted by Gasteiger charge is -2.16. The molecule has 38 heavy (non-hydrogen) atoms. The van der Waals surface area contributed by atoms with E-state index in [0.29, 0.717) is 35.9 Å². The number of pyridine rings is 1. The highest BCUT2D eigenvalue weighted by atomic mass is 32.2. The van der Waals surface area contributed by atoms with E-state index in [-0.39, 0.29) is 15.5 Å². The maximum Gasteiger partial charge on any atom is 0.206 e. The molecule has 0 saturated heterocycles. The van der Waals surface area contributed by atoms with Crippen LogP contribution >= 0.6 is 0 Å². The molecule has 0 unspecified atom stereocenters. The molecule has 200 valence electrons. The summed E-state index contributed by atoms with van der Waals surface area (Å²) in [6, 6.07) is 16.7. The summed E-state index contributed by atoms with van der Waals surface area (Å²) in [5.41, 5.74) is 1.34. The highest BCUT2D eigenvalue weighted by Crippen LogP contribution is 2.26. The lowest BCUT2D eigenvalue weighted by Crippen LogP contribution is -2.27. The van der Waals surface area contributed by atoms with Crippen molar-refractivity contribution in [1.82, 2.24) is 19.9 Å². The molecule has 10 nitrogen and oxygen atoms in total. The third kappa shape index (κ3) is 7.24. The number of rotatable bonds is 12. The number of hydrogen-bond acceptors (Lipinski definition) is 10. The Kier molecular flexibility index (Phi) is 8.55. The van der Waals surface area contributed by atoms with E-state index in [1.807, 2.05) is 18.0 Å². The Morgan fingerprint density at radius 1 is 0.868 bits per heavy atom. The molecule has 0 aliphatic heterocycles. The molecule has 2 N–H and O–H groups in total. The summed E-state index contributed by atoms with van der Waals surface area (Å²) in [6.45, 7) is 1.91. The Hall–Kier alpha value is -3.61. The van der Waals surface area contributed by atoms with Crippen molar-refractivity contribution in [3.05, 3.63) is 73.2 Å². The summed E-state index contributed by atoms with van der Waals surface area (Å²) in [5, 5.41) is 7.29. The number of aromatic nitrogens is 3. The van der Waals surface area contributed by atoms with Crippen LogP contribution in [0.1, 0.15) is 6.42 Å². The Bertz CT molecular complexity index is 1600. The summed E-state index contributed by atoms with van der Waals surface area (Å²) in [4.78, 5) is 15.5. The van der Waals surface area contributed by atoms with Crippen LogP contribution in [0.25, 0.3) is 10.9 Å². The zero-order valence-electron chi connectivity index (χ0n) is 21.2. The second-order valence-electron chi connectivity index (χ2n) is 8.99. The Morgan fingerprint density at radius 3 is 2.29 bits per heavy atom. The monoisotopic (exact) mass is 554 g/mol. The standard InChI is InChI=1S/C26H30N6O4S2/c1-32(15-16-37(2,33)34)14-6-13-27-25-17-23-24(18-28-25)29-19-30-26(23)31-20-9-11-22(12-10-20)38(35,36)21-7-4-3-5-8-21/h3-5,7-12,17-19H,6,13-16H2,1-2H3,(H,27,28)(H,29,30,31). The Morgan fingerprint density at radius 2 is 1.58 bits per heavy atom. The molecule has 0 aliphatic rings. The molecule has 0 spiro atoms. The van der Waals surface area contributed by atoms with Gasteiger partial charge in [0.2, 0.25) is 9.84 Å². The first kappa shape index (κ1) is 27.4. The van der Waals surface area contributed by atoms with Crippen LogP contribution in [0.15, 0.2) is 83.0 Å². The van der Waals surface area contributed by atoms with Crippen molar-refractivity contribution < 1.29 is 16.8 Å². The molecule has 0 amide bonds. The average molecular weight is 555 g/mol. The van der Waals surface area contributed by atoms with E-state index >= 15 is 0 Å². The second kappa shape index (κ2) is 11.8. The van der Waals surface area contributed by atoms with Crippen LogP contribution in [0.4, 0.5) is 17.3 Å². The van der Waals surface area contributed by atoms with Gasteiger partial charge in [-0.3, -0.25) is 0 Å². The first-order chi connectivity index (χ1) is 18.1. The molecule has 0 bridgehead atoms. The molecule has 0 fully saturated rings. The first-order valence-corrected chi connectivity index (χ1v) is 15.5. The molecule has 2 aromatic carbocycles. The van der Waals surface area contributed by atoms with Gasteiger partial charge in [-0.2, -0.15) is 0 Å². The van der Waals surface area contributed by atoms with Gasteiger partial charge < -0.3 is 15.5 Å². The predicted molar refractivity (Wildman–Crippen MR) is 149 cm³/mol. The fraction of sp³-hybridized carbons (Fsp3) is 0.269. The highest BCUT2D eigenvalue weighted by molar-refractivity contribution is 7.91. The minimum Gasteiger partial charge on any atom is -0.370 e. The number of benzene rings is 2. The summed E-state index contributed by atoms with van der Waals surface area (Å²) >= 11 is 0. The van der Waals surface area contributed by atoms with Crippen LogP contribution in [0.2, 0.25) is 0 Å². The smallest absolute Gasteiger partial charge is 0.206 e. The van der Waals surface area contributed by atoms with Crippen molar-refractivity contribution in [1.29, 1.82) is 0 Å². The van der Waals surface area contributed by atoms with Gasteiger partial charge in [-0.15, -0.1) is 0 Å². The van der Waals surface area contributed by atoms with Gasteiger partial charge in [-0.05, 0) is 62.5 Å². The molecule has 12 heteroatoms. The van der Waals surface area contributed by atoms with E-state index in [0.717, 1.165) is 18.4 Å². The van der Waals surface area contributed by atoms with Gasteiger partial charge in [-0.1, -0.05) is 18.2 Å². The Balaban J connectivity index is 1.41. The van der Waals surface area contributed by atoms with Gasteiger partial charge in [-0.25, -0.2) is 31.8 Å². The lowest BCUT2D eigenvalue weighted by molar-refractivity contribution is 0.351. The minimum atomic E-state index is -3.60. The predicted octanol–water partition coefficient (Wildman–Crippen LogP) is 3.38. The first-order valence-electron chi connectivity index (χ1n) is 12.0. The molecular formula is C26H30N6O4S2. The SMILES string of the molecule is CN(CCCNc1cc2c(Nc3ccc(S(=O)(=O)c4ccccc4)cc3)ncnc2cn1)CCS(C)(=O)=O. The van der Waals surface area contributed by atoms with Crippen molar-refractivity contribution >= 4 is 47.9 Å². The molecule has 4 rings (SSSR count). The minimum absolute atomic E-state index is 0.143. The van der Waals surface area contributed by atoms with Gasteiger partial charge in [0.15, 0.2) is 0 Å². The van der Waals surface area contributed by atoms with Gasteiger partial charge in [0.05, 0.1) is 27.3 Å². The maximum atomic E-state index is 12.9. The summed E-state index contributed by atoms with van der Waals surface area (Å²) in [6.07, 6.45) is 5.17. The molecule has 4 aromatic rings. The third-order valence-corrected chi connectivity index (χ3v) is 8.58. The summed E-state index contributed by atoms with van der Waals surface area (Å²) in [7, 11) is -4.67. The number of anilines is 3. The van der Waals surface area contributed by atoms with E-state index in [9.17, 15) is 16.8 Å². The normalized spacial score (nSPS) is 12.1. The second-order valence-corrected chi connectivity index (χ2v) is 13.2. The van der Waals surface area contributed by atoms with Gasteiger partial charge in [0.25, 0.3) is 0 Å². The Labute approximate surface area is 223 Å². The summed E-state index contributed by atoms with van der Waals surface area (Å²) < 4.78 is 48.3. The summed E-state index contributed by atoms with van der Waals surface area (Å²) in [5.74, 6) is 1.38. The molecule has 2 heterocycles. The zero-order valence-corrected chi connectivity index (χ0v) is 22.8. The quantitative estimate of drug-likeness (QED) is 0.251. The number of nitrogens with one attached hydrogen (secondary N) is 2. The molecule has 2 aromatic heterocycles. The van der Waals surface area contributed by atoms with E-state index < -0.39 is 19.7 Å². The number of fused-ring (bicyclic) bond motifs is 1. The van der Waals surface area contributed by atoms with E-state index in [1.165, 1.54) is 12.6 Å². The topological polar surface area (TPSA) is 134 Å². The zero-order chi connectivity index (χ0) is 27.2. The molecule has 0 aliphatic carbocycles. The van der Waals surface area contributed by atoms with Crippen LogP contribution in [-0.2, 0) is 19.7 Å². The van der Waals surface area contributed by atoms with Crippen LogP contribution in [0, 0.1) is 0 Å². The van der Waals surface area contributed by atoms with Crippen LogP contribution in [-0.4, -0.2) is 75.4 Å². The number of hydrogen-bond donors (Lipinski definition) is 2. The largest absolute Gasteiger partial charge is 0.370 e. The van der Waals surface area contributed by atoms with E-state index in [2.05, 4.69) is 25.6 Å². The van der Waals surface area contributed by atoms with Gasteiger partial charge in [0, 0.05) is 30.4 Å². The van der Waals surface area contributed by atoms with Crippen molar-refractivity contribution in [3.8, 4) is 0 Å². The van der Waals surface area contributed by atoms with E-state index in [1.54, 1.807) is 60.8 Å². The van der Waals surface area contributed by atoms with Crippen molar-refractivity contribution in [2.75, 3.05) is 49.3 Å².